The number of nitrogens with zero attached hydrogens (tertiary/aromatic N) is 4. The summed E-state index contributed by atoms with van der Waals surface area (Å²) in [5.41, 5.74) is 2.76. The number of para-hydroxylation sites is 1. The van der Waals surface area contributed by atoms with Gasteiger partial charge in [-0.1, -0.05) is 47.1 Å². The highest BCUT2D eigenvalue weighted by Gasteiger charge is 2.19. The Morgan fingerprint density at radius 3 is 2.00 bits per heavy atom. The number of ether oxygens (including phenoxy) is 3. The van der Waals surface area contributed by atoms with Gasteiger partial charge in [-0.2, -0.15) is 0 Å². The molecule has 4 aromatic rings. The molecule has 0 radical (unpaired) electrons. The van der Waals surface area contributed by atoms with Crippen LogP contribution >= 0.6 is 0 Å². The van der Waals surface area contributed by atoms with Crippen LogP contribution in [0.1, 0.15) is 60.3 Å². The molecule has 0 aliphatic carbocycles. The van der Waals surface area contributed by atoms with E-state index in [1.807, 2.05) is 30.3 Å². The molecule has 9 nitrogen and oxygen atoms in total. The number of unbranched alkanes of at least 4 members (excludes halogenated alkanes) is 1. The summed E-state index contributed by atoms with van der Waals surface area (Å²) >= 11 is 0. The van der Waals surface area contributed by atoms with Crippen LogP contribution in [0.2, 0.25) is 0 Å². The Bertz CT molecular complexity index is 1500. The number of phenols is 2. The molecule has 0 bridgehead atoms. The fraction of sp³-hybridized carbons (Fsp3) is 0.486. The number of aromatic nitrogens is 2. The smallest absolute Gasteiger partial charge is 0.201 e. The molecule has 250 valence electrons. The number of aromatic hydroxyl groups is 2. The van der Waals surface area contributed by atoms with Crippen molar-refractivity contribution in [2.45, 2.75) is 66.8 Å². The van der Waals surface area contributed by atoms with Gasteiger partial charge in [0.15, 0.2) is 17.2 Å². The molecule has 1 heterocycles. The number of rotatable bonds is 20. The lowest BCUT2D eigenvalue weighted by Crippen LogP contribution is -2.25. The lowest BCUT2D eigenvalue weighted by atomic mass is 10.2. The van der Waals surface area contributed by atoms with Gasteiger partial charge < -0.3 is 38.8 Å². The Morgan fingerprint density at radius 1 is 0.717 bits per heavy atom. The molecule has 0 amide bonds. The SMILES string of the molecule is CCCCn1c(-c2ccc(Oc3cccc(O)c3O)cc2)nc2c(OCCCN(CC)CC)cc(OCCCN(CC)CC)cc21. The van der Waals surface area contributed by atoms with Crippen LogP contribution in [0.5, 0.6) is 34.5 Å². The Morgan fingerprint density at radius 2 is 1.37 bits per heavy atom. The summed E-state index contributed by atoms with van der Waals surface area (Å²) in [4.78, 5) is 9.97. The van der Waals surface area contributed by atoms with Gasteiger partial charge >= 0.3 is 0 Å². The summed E-state index contributed by atoms with van der Waals surface area (Å²) in [5, 5.41) is 20.0. The van der Waals surface area contributed by atoms with E-state index in [0.29, 0.717) is 19.0 Å². The predicted octanol–water partition coefficient (Wildman–Crippen LogP) is 7.93. The van der Waals surface area contributed by atoms with Crippen LogP contribution in [-0.4, -0.2) is 82.0 Å². The second-order valence-corrected chi connectivity index (χ2v) is 11.4. The van der Waals surface area contributed by atoms with Crippen molar-refractivity contribution in [3.05, 3.63) is 54.6 Å². The highest BCUT2D eigenvalue weighted by atomic mass is 16.5. The predicted molar refractivity (Wildman–Crippen MR) is 186 cm³/mol. The highest BCUT2D eigenvalue weighted by molar-refractivity contribution is 5.87. The second-order valence-electron chi connectivity index (χ2n) is 11.4. The summed E-state index contributed by atoms with van der Waals surface area (Å²) in [7, 11) is 0. The minimum atomic E-state index is -0.288. The van der Waals surface area contributed by atoms with Gasteiger partial charge in [-0.15, -0.1) is 0 Å². The first-order valence-electron chi connectivity index (χ1n) is 17.0. The summed E-state index contributed by atoms with van der Waals surface area (Å²) in [6.07, 6.45) is 3.94. The van der Waals surface area contributed by atoms with Gasteiger partial charge in [-0.25, -0.2) is 4.98 Å². The first-order valence-corrected chi connectivity index (χ1v) is 17.0. The first kappa shape index (κ1) is 34.9. The normalized spacial score (nSPS) is 11.5. The fourth-order valence-electron chi connectivity index (χ4n) is 5.54. The maximum absolute atomic E-state index is 10.2. The van der Waals surface area contributed by atoms with Crippen molar-refractivity contribution >= 4 is 11.0 Å². The van der Waals surface area contributed by atoms with Crippen molar-refractivity contribution in [2.24, 2.45) is 0 Å². The lowest BCUT2D eigenvalue weighted by Gasteiger charge is -2.18. The Hall–Kier alpha value is -3.95. The minimum absolute atomic E-state index is 0.190. The molecule has 3 aromatic carbocycles. The number of aryl methyl sites for hydroxylation is 1. The van der Waals surface area contributed by atoms with Gasteiger partial charge in [0.05, 0.1) is 18.7 Å². The monoisotopic (exact) mass is 632 g/mol. The third-order valence-electron chi connectivity index (χ3n) is 8.40. The number of imidazole rings is 1. The number of fused-ring (bicyclic) bond motifs is 1. The third-order valence-corrected chi connectivity index (χ3v) is 8.40. The van der Waals surface area contributed by atoms with E-state index in [2.05, 4.69) is 55.1 Å². The molecular formula is C37H52N4O5. The minimum Gasteiger partial charge on any atom is -0.504 e. The number of phenolic OH excluding ortho intramolecular Hbond substituents is 2. The molecule has 0 aliphatic rings. The van der Waals surface area contributed by atoms with Crippen molar-refractivity contribution < 1.29 is 24.4 Å². The zero-order valence-corrected chi connectivity index (χ0v) is 28.3. The van der Waals surface area contributed by atoms with Gasteiger partial charge in [0.2, 0.25) is 5.75 Å². The van der Waals surface area contributed by atoms with E-state index < -0.39 is 0 Å². The zero-order chi connectivity index (χ0) is 32.9. The van der Waals surface area contributed by atoms with E-state index in [0.717, 1.165) is 105 Å². The van der Waals surface area contributed by atoms with Crippen molar-refractivity contribution in [1.82, 2.24) is 19.4 Å². The lowest BCUT2D eigenvalue weighted by molar-refractivity contribution is 0.243. The molecule has 0 aliphatic heterocycles. The molecule has 0 unspecified atom stereocenters. The average molecular weight is 633 g/mol. The molecule has 2 N–H and O–H groups in total. The molecule has 0 fully saturated rings. The largest absolute Gasteiger partial charge is 0.504 e. The van der Waals surface area contributed by atoms with Crippen LogP contribution in [0, 0.1) is 0 Å². The van der Waals surface area contributed by atoms with E-state index in [4.69, 9.17) is 19.2 Å². The van der Waals surface area contributed by atoms with Crippen LogP contribution in [0.4, 0.5) is 0 Å². The maximum Gasteiger partial charge on any atom is 0.201 e. The quantitative estimate of drug-likeness (QED) is 0.0750. The molecule has 0 saturated heterocycles. The van der Waals surface area contributed by atoms with Crippen molar-refractivity contribution in [3.63, 3.8) is 0 Å². The van der Waals surface area contributed by atoms with Crippen molar-refractivity contribution in [1.29, 1.82) is 0 Å². The summed E-state index contributed by atoms with van der Waals surface area (Å²) in [6, 6.07) is 16.4. The first-order chi connectivity index (χ1) is 22.4. The van der Waals surface area contributed by atoms with Crippen LogP contribution in [0.15, 0.2) is 54.6 Å². The molecular weight excluding hydrogens is 580 g/mol. The summed E-state index contributed by atoms with van der Waals surface area (Å²) in [6.45, 7) is 19.1. The van der Waals surface area contributed by atoms with E-state index in [-0.39, 0.29) is 17.2 Å². The van der Waals surface area contributed by atoms with Gasteiger partial charge in [0.1, 0.15) is 22.8 Å². The van der Waals surface area contributed by atoms with E-state index in [9.17, 15) is 10.2 Å². The standard InChI is InChI=1S/C37H52N4O5/c1-6-11-23-41-31-26-30(44-24-13-21-39(7-2)8-3)27-34(45-25-14-22-40(9-4)10-5)35(31)38-37(41)28-17-19-29(20-18-28)46-33-16-12-15-32(42)36(33)43/h12,15-20,26-27,42-43H,6-11,13-14,21-25H2,1-5H3. The Balaban J connectivity index is 1.65. The molecule has 9 heteroatoms. The van der Waals surface area contributed by atoms with Crippen LogP contribution in [-0.2, 0) is 6.54 Å². The molecule has 4 rings (SSSR count). The van der Waals surface area contributed by atoms with E-state index in [1.54, 1.807) is 12.1 Å². The van der Waals surface area contributed by atoms with Crippen LogP contribution in [0.25, 0.3) is 22.4 Å². The third kappa shape index (κ3) is 9.07. The van der Waals surface area contributed by atoms with Crippen LogP contribution in [0.3, 0.4) is 0 Å². The van der Waals surface area contributed by atoms with Crippen molar-refractivity contribution in [2.75, 3.05) is 52.5 Å². The second kappa shape index (κ2) is 17.7. The van der Waals surface area contributed by atoms with Gasteiger partial charge in [0.25, 0.3) is 0 Å². The molecule has 0 saturated carbocycles. The molecule has 0 atom stereocenters. The zero-order valence-electron chi connectivity index (χ0n) is 28.3. The number of hydrogen-bond donors (Lipinski definition) is 2. The molecule has 1 aromatic heterocycles. The van der Waals surface area contributed by atoms with E-state index in [1.165, 1.54) is 6.07 Å². The molecule has 46 heavy (non-hydrogen) atoms. The highest BCUT2D eigenvalue weighted by Crippen LogP contribution is 2.39. The Labute approximate surface area is 274 Å². The van der Waals surface area contributed by atoms with Gasteiger partial charge in [0, 0.05) is 37.3 Å². The van der Waals surface area contributed by atoms with E-state index >= 15 is 0 Å². The number of benzene rings is 3. The number of hydrogen-bond acceptors (Lipinski definition) is 8. The van der Waals surface area contributed by atoms with Gasteiger partial charge in [-0.3, -0.25) is 0 Å². The van der Waals surface area contributed by atoms with Crippen LogP contribution < -0.4 is 14.2 Å². The summed E-state index contributed by atoms with van der Waals surface area (Å²) in [5.74, 6) is 2.60. The summed E-state index contributed by atoms with van der Waals surface area (Å²) < 4.78 is 20.9. The molecule has 0 spiro atoms. The fourth-order valence-corrected chi connectivity index (χ4v) is 5.54. The van der Waals surface area contributed by atoms with Crippen molar-refractivity contribution in [3.8, 4) is 45.9 Å². The average Bonchev–Trinajstić information content (AvgIpc) is 3.44. The topological polar surface area (TPSA) is 92.5 Å². The van der Waals surface area contributed by atoms with Gasteiger partial charge in [-0.05, 0) is 81.8 Å². The maximum atomic E-state index is 10.2. The Kier molecular flexibility index (Phi) is 13.4.